The van der Waals surface area contributed by atoms with Crippen LogP contribution in [-0.2, 0) is 27.8 Å². The summed E-state index contributed by atoms with van der Waals surface area (Å²) in [4.78, 5) is 28.5. The van der Waals surface area contributed by atoms with Crippen LogP contribution in [0.25, 0.3) is 0 Å². The number of nitrogens with zero attached hydrogens (tertiary/aromatic N) is 3. The van der Waals surface area contributed by atoms with Crippen molar-refractivity contribution in [3.05, 3.63) is 89.1 Å². The van der Waals surface area contributed by atoms with E-state index in [-0.39, 0.29) is 36.9 Å². The lowest BCUT2D eigenvalue weighted by Crippen LogP contribution is -2.52. The SMILES string of the molecule is CC(C)CN(C[C@@H](O)[C@H](Cc1ccccc1)NC(=O)Cn1cccnc1=O)S(=O)(=O)c1ccc(N)cc1. The van der Waals surface area contributed by atoms with Gasteiger partial charge in [0.1, 0.15) is 6.54 Å². The normalized spacial score (nSPS) is 13.4. The third-order valence-electron chi connectivity index (χ3n) is 5.68. The molecule has 0 radical (unpaired) electrons. The van der Waals surface area contributed by atoms with E-state index in [1.54, 1.807) is 0 Å². The molecule has 0 aliphatic heterocycles. The van der Waals surface area contributed by atoms with Gasteiger partial charge in [0.25, 0.3) is 0 Å². The van der Waals surface area contributed by atoms with Gasteiger partial charge in [0.15, 0.2) is 0 Å². The molecule has 0 saturated carbocycles. The average Bonchev–Trinajstić information content (AvgIpc) is 2.85. The van der Waals surface area contributed by atoms with Crippen molar-refractivity contribution in [2.45, 2.75) is 43.9 Å². The number of nitrogens with one attached hydrogen (secondary N) is 1. The van der Waals surface area contributed by atoms with Gasteiger partial charge in [0.05, 0.1) is 17.0 Å². The van der Waals surface area contributed by atoms with Crippen molar-refractivity contribution in [1.29, 1.82) is 0 Å². The Morgan fingerprint density at radius 2 is 1.76 bits per heavy atom. The Labute approximate surface area is 216 Å². The van der Waals surface area contributed by atoms with Gasteiger partial charge in [0, 0.05) is 31.2 Å². The summed E-state index contributed by atoms with van der Waals surface area (Å²) in [6.45, 7) is 3.40. The lowest BCUT2D eigenvalue weighted by atomic mass is 10.0. The molecular formula is C26H33N5O5S. The first kappa shape index (κ1) is 28.0. The number of hydrogen-bond donors (Lipinski definition) is 3. The minimum atomic E-state index is -3.95. The molecule has 37 heavy (non-hydrogen) atoms. The highest BCUT2D eigenvalue weighted by Gasteiger charge is 2.31. The van der Waals surface area contributed by atoms with Crippen molar-refractivity contribution in [3.63, 3.8) is 0 Å². The van der Waals surface area contributed by atoms with Gasteiger partial charge in [0.2, 0.25) is 15.9 Å². The van der Waals surface area contributed by atoms with E-state index in [1.165, 1.54) is 47.0 Å². The molecule has 3 rings (SSSR count). The number of amides is 1. The van der Waals surface area contributed by atoms with Crippen LogP contribution in [-0.4, -0.2) is 58.5 Å². The highest BCUT2D eigenvalue weighted by molar-refractivity contribution is 7.89. The molecule has 1 aromatic heterocycles. The van der Waals surface area contributed by atoms with Gasteiger partial charge in [-0.2, -0.15) is 4.31 Å². The third kappa shape index (κ3) is 7.97. The number of sulfonamides is 1. The fourth-order valence-electron chi connectivity index (χ4n) is 3.87. The number of carbonyl (C=O) groups excluding carboxylic acids is 1. The Kier molecular flexibility index (Phi) is 9.56. The van der Waals surface area contributed by atoms with Crippen LogP contribution in [0.2, 0.25) is 0 Å². The van der Waals surface area contributed by atoms with Crippen molar-refractivity contribution >= 4 is 21.6 Å². The van der Waals surface area contributed by atoms with E-state index >= 15 is 0 Å². The smallest absolute Gasteiger partial charge is 0.347 e. The van der Waals surface area contributed by atoms with Crippen LogP contribution in [0.5, 0.6) is 0 Å². The van der Waals surface area contributed by atoms with Crippen LogP contribution < -0.4 is 16.7 Å². The summed E-state index contributed by atoms with van der Waals surface area (Å²) in [5.74, 6) is -0.526. The molecule has 1 amide bonds. The molecule has 0 fully saturated rings. The average molecular weight is 528 g/mol. The highest BCUT2D eigenvalue weighted by Crippen LogP contribution is 2.20. The minimum Gasteiger partial charge on any atom is -0.399 e. The molecule has 10 nitrogen and oxygen atoms in total. The predicted molar refractivity (Wildman–Crippen MR) is 141 cm³/mol. The summed E-state index contributed by atoms with van der Waals surface area (Å²) in [5, 5.41) is 14.0. The van der Waals surface area contributed by atoms with Gasteiger partial charge in [-0.05, 0) is 48.2 Å². The zero-order valence-corrected chi connectivity index (χ0v) is 21.7. The Hall–Kier alpha value is -3.54. The molecule has 1 heterocycles. The van der Waals surface area contributed by atoms with Crippen LogP contribution in [0.15, 0.2) is 82.7 Å². The largest absolute Gasteiger partial charge is 0.399 e. The standard InChI is InChI=1S/C26H33N5O5S/c1-19(2)16-31(37(35,36)22-11-9-21(27)10-12-22)17-24(32)23(15-20-7-4-3-5-8-20)29-25(33)18-30-14-6-13-28-26(30)34/h3-14,19,23-24,32H,15-18,27H2,1-2H3,(H,29,33)/t23-,24+/m0/s1. The molecule has 3 aromatic rings. The molecule has 0 unspecified atom stereocenters. The highest BCUT2D eigenvalue weighted by atomic mass is 32.2. The fraction of sp³-hybridized carbons (Fsp3) is 0.346. The van der Waals surface area contributed by atoms with Crippen LogP contribution >= 0.6 is 0 Å². The second kappa shape index (κ2) is 12.6. The second-order valence-electron chi connectivity index (χ2n) is 9.25. The Morgan fingerprint density at radius 3 is 2.38 bits per heavy atom. The maximum absolute atomic E-state index is 13.4. The summed E-state index contributed by atoms with van der Waals surface area (Å²) < 4.78 is 29.3. The first-order valence-electron chi connectivity index (χ1n) is 11.9. The number of anilines is 1. The molecule has 0 bridgehead atoms. The van der Waals surface area contributed by atoms with Crippen molar-refractivity contribution in [3.8, 4) is 0 Å². The lowest BCUT2D eigenvalue weighted by molar-refractivity contribution is -0.123. The van der Waals surface area contributed by atoms with Crippen molar-refractivity contribution in [2.75, 3.05) is 18.8 Å². The molecular weight excluding hydrogens is 494 g/mol. The van der Waals surface area contributed by atoms with Crippen LogP contribution in [0.4, 0.5) is 5.69 Å². The molecule has 0 spiro atoms. The van der Waals surface area contributed by atoms with E-state index in [1.807, 2.05) is 44.2 Å². The molecule has 198 valence electrons. The van der Waals surface area contributed by atoms with E-state index in [2.05, 4.69) is 10.3 Å². The lowest BCUT2D eigenvalue weighted by Gasteiger charge is -2.31. The zero-order valence-electron chi connectivity index (χ0n) is 20.9. The van der Waals surface area contributed by atoms with Gasteiger partial charge in [-0.1, -0.05) is 44.2 Å². The number of nitrogen functional groups attached to an aromatic ring is 1. The topological polar surface area (TPSA) is 148 Å². The minimum absolute atomic E-state index is 0.0182. The Bertz CT molecular complexity index is 1330. The predicted octanol–water partition coefficient (Wildman–Crippen LogP) is 1.26. The first-order valence-corrected chi connectivity index (χ1v) is 13.4. The number of rotatable bonds is 12. The zero-order chi connectivity index (χ0) is 27.0. The van der Waals surface area contributed by atoms with Crippen molar-refractivity contribution < 1.29 is 18.3 Å². The Balaban J connectivity index is 1.85. The van der Waals surface area contributed by atoms with Crippen molar-refractivity contribution in [2.24, 2.45) is 5.92 Å². The molecule has 4 N–H and O–H groups in total. The summed E-state index contributed by atoms with van der Waals surface area (Å²) in [6, 6.07) is 15.8. The van der Waals surface area contributed by atoms with Gasteiger partial charge < -0.3 is 16.2 Å². The molecule has 2 atom stereocenters. The van der Waals surface area contributed by atoms with E-state index in [9.17, 15) is 23.1 Å². The summed E-state index contributed by atoms with van der Waals surface area (Å²) >= 11 is 0. The molecule has 2 aromatic carbocycles. The number of aromatic nitrogens is 2. The monoisotopic (exact) mass is 527 g/mol. The maximum atomic E-state index is 13.4. The van der Waals surface area contributed by atoms with Crippen molar-refractivity contribution in [1.82, 2.24) is 19.2 Å². The first-order chi connectivity index (χ1) is 17.6. The molecule has 0 saturated heterocycles. The quantitative estimate of drug-likeness (QED) is 0.300. The summed E-state index contributed by atoms with van der Waals surface area (Å²) in [7, 11) is -3.95. The van der Waals surface area contributed by atoms with Crippen LogP contribution in [0, 0.1) is 5.92 Å². The van der Waals surface area contributed by atoms with Gasteiger partial charge >= 0.3 is 5.69 Å². The Morgan fingerprint density at radius 1 is 1.08 bits per heavy atom. The van der Waals surface area contributed by atoms with Gasteiger partial charge in [-0.15, -0.1) is 0 Å². The second-order valence-corrected chi connectivity index (χ2v) is 11.2. The molecule has 0 aliphatic rings. The number of aliphatic hydroxyl groups excluding tert-OH is 1. The van der Waals surface area contributed by atoms with Crippen LogP contribution in [0.3, 0.4) is 0 Å². The maximum Gasteiger partial charge on any atom is 0.347 e. The summed E-state index contributed by atoms with van der Waals surface area (Å²) in [6.07, 6.45) is 1.80. The molecule has 0 aliphatic carbocycles. The van der Waals surface area contributed by atoms with Gasteiger partial charge in [-0.3, -0.25) is 9.36 Å². The fourth-order valence-corrected chi connectivity index (χ4v) is 5.49. The number of nitrogens with two attached hydrogens (primary N) is 1. The third-order valence-corrected chi connectivity index (χ3v) is 7.53. The van der Waals surface area contributed by atoms with Gasteiger partial charge in [-0.25, -0.2) is 18.2 Å². The summed E-state index contributed by atoms with van der Waals surface area (Å²) in [5.41, 5.74) is 6.43. The van der Waals surface area contributed by atoms with E-state index in [4.69, 9.17) is 5.73 Å². The van der Waals surface area contributed by atoms with E-state index in [0.29, 0.717) is 5.69 Å². The van der Waals surface area contributed by atoms with E-state index < -0.39 is 33.8 Å². The van der Waals surface area contributed by atoms with E-state index in [0.717, 1.165) is 10.1 Å². The number of hydrogen-bond acceptors (Lipinski definition) is 7. The van der Waals surface area contributed by atoms with Crippen LogP contribution in [0.1, 0.15) is 19.4 Å². The number of benzene rings is 2. The molecule has 11 heteroatoms. The number of aliphatic hydroxyl groups is 1. The number of carbonyl (C=O) groups is 1.